The van der Waals surface area contributed by atoms with Crippen molar-refractivity contribution < 1.29 is 13.9 Å². The van der Waals surface area contributed by atoms with Crippen molar-refractivity contribution in [2.75, 3.05) is 37.7 Å². The van der Waals surface area contributed by atoms with Gasteiger partial charge in [-0.25, -0.2) is 0 Å². The molecule has 0 unspecified atom stereocenters. The first-order valence-electron chi connectivity index (χ1n) is 8.26. The summed E-state index contributed by atoms with van der Waals surface area (Å²) in [5, 5.41) is 0. The van der Waals surface area contributed by atoms with Crippen LogP contribution in [0.4, 0.5) is 5.69 Å². The van der Waals surface area contributed by atoms with Crippen LogP contribution in [0.5, 0.6) is 5.75 Å². The van der Waals surface area contributed by atoms with Gasteiger partial charge in [0.1, 0.15) is 17.8 Å². The molecule has 2 N–H and O–H groups in total. The van der Waals surface area contributed by atoms with Crippen molar-refractivity contribution in [2.24, 2.45) is 5.73 Å². The molecule has 6 nitrogen and oxygen atoms in total. The second-order valence-corrected chi connectivity index (χ2v) is 5.69. The molecule has 1 saturated heterocycles. The van der Waals surface area contributed by atoms with Crippen LogP contribution in [0.2, 0.25) is 0 Å². The van der Waals surface area contributed by atoms with Gasteiger partial charge in [-0.2, -0.15) is 0 Å². The number of benzene rings is 1. The van der Waals surface area contributed by atoms with Gasteiger partial charge in [0.2, 0.25) is 0 Å². The molecule has 1 aromatic carbocycles. The van der Waals surface area contributed by atoms with E-state index < -0.39 is 0 Å². The lowest BCUT2D eigenvalue weighted by Gasteiger charge is -2.36. The topological polar surface area (TPSA) is 71.9 Å². The van der Waals surface area contributed by atoms with Crippen molar-refractivity contribution in [3.05, 3.63) is 47.9 Å². The highest BCUT2D eigenvalue weighted by Gasteiger charge is 2.24. The van der Waals surface area contributed by atoms with E-state index in [1.54, 1.807) is 6.07 Å². The lowest BCUT2D eigenvalue weighted by Crippen LogP contribution is -2.48. The summed E-state index contributed by atoms with van der Waals surface area (Å²) in [5.74, 6) is 1.51. The monoisotopic (exact) mass is 401 g/mol. The highest BCUT2D eigenvalue weighted by atomic mass is 35.5. The molecule has 144 valence electrons. The zero-order valence-electron chi connectivity index (χ0n) is 14.7. The molecule has 0 radical (unpaired) electrons. The third-order valence-corrected chi connectivity index (χ3v) is 4.17. The number of furan rings is 1. The first kappa shape index (κ1) is 22.2. The first-order chi connectivity index (χ1) is 11.7. The second-order valence-electron chi connectivity index (χ2n) is 5.69. The maximum absolute atomic E-state index is 12.5. The molecule has 1 aliphatic rings. The van der Waals surface area contributed by atoms with E-state index in [-0.39, 0.29) is 30.7 Å². The molecule has 2 heterocycles. The highest BCUT2D eigenvalue weighted by molar-refractivity contribution is 5.94. The molecule has 26 heavy (non-hydrogen) atoms. The number of hydrogen-bond acceptors (Lipinski definition) is 5. The number of anilines is 1. The van der Waals surface area contributed by atoms with Gasteiger partial charge in [-0.3, -0.25) is 4.79 Å². The minimum Gasteiger partial charge on any atom is -0.492 e. The number of amides is 1. The average molecular weight is 402 g/mol. The van der Waals surface area contributed by atoms with Crippen LogP contribution in [0.25, 0.3) is 0 Å². The Labute approximate surface area is 166 Å². The van der Waals surface area contributed by atoms with Gasteiger partial charge in [0.15, 0.2) is 0 Å². The number of carbonyl (C=O) groups is 1. The number of nitrogens with zero attached hydrogens (tertiary/aromatic N) is 2. The molecule has 1 fully saturated rings. The van der Waals surface area contributed by atoms with E-state index in [0.717, 1.165) is 24.5 Å². The molecule has 1 aliphatic heterocycles. The fourth-order valence-electron chi connectivity index (χ4n) is 2.93. The Morgan fingerprint density at radius 3 is 2.50 bits per heavy atom. The van der Waals surface area contributed by atoms with Gasteiger partial charge in [0.05, 0.1) is 24.4 Å². The van der Waals surface area contributed by atoms with Crippen molar-refractivity contribution in [1.82, 2.24) is 4.90 Å². The summed E-state index contributed by atoms with van der Waals surface area (Å²) >= 11 is 0. The van der Waals surface area contributed by atoms with Crippen molar-refractivity contribution in [3.8, 4) is 5.75 Å². The van der Waals surface area contributed by atoms with E-state index in [9.17, 15) is 4.79 Å². The number of rotatable bonds is 5. The van der Waals surface area contributed by atoms with Gasteiger partial charge in [-0.05, 0) is 25.1 Å². The molecule has 3 rings (SSSR count). The van der Waals surface area contributed by atoms with E-state index in [1.807, 2.05) is 30.0 Å². The molecular weight excluding hydrogens is 377 g/mol. The third-order valence-electron chi connectivity index (χ3n) is 4.17. The molecule has 0 bridgehead atoms. The van der Waals surface area contributed by atoms with Crippen LogP contribution in [0.1, 0.15) is 23.0 Å². The van der Waals surface area contributed by atoms with Crippen LogP contribution >= 0.6 is 24.8 Å². The van der Waals surface area contributed by atoms with Gasteiger partial charge in [0.25, 0.3) is 5.91 Å². The highest BCUT2D eigenvalue weighted by Crippen LogP contribution is 2.29. The Kier molecular flexibility index (Phi) is 8.78. The molecule has 1 amide bonds. The zero-order valence-corrected chi connectivity index (χ0v) is 16.4. The Morgan fingerprint density at radius 2 is 1.88 bits per heavy atom. The Bertz CT molecular complexity index is 700. The molecular formula is C18H25Cl2N3O3. The number of halogens is 2. The SMILES string of the molecule is CCOc1ccccc1N1CCN(C(=O)c2coc(CN)c2)CC1.Cl.Cl. The number of nitrogens with two attached hydrogens (primary N) is 1. The third kappa shape index (κ3) is 4.84. The van der Waals surface area contributed by atoms with Gasteiger partial charge in [-0.1, -0.05) is 12.1 Å². The Hall–Kier alpha value is -1.89. The van der Waals surface area contributed by atoms with Crippen LogP contribution in [-0.2, 0) is 6.54 Å². The number of piperazine rings is 1. The van der Waals surface area contributed by atoms with E-state index in [4.69, 9.17) is 14.9 Å². The quantitative estimate of drug-likeness (QED) is 0.833. The van der Waals surface area contributed by atoms with E-state index >= 15 is 0 Å². The molecule has 0 aliphatic carbocycles. The molecule has 8 heteroatoms. The van der Waals surface area contributed by atoms with Crippen LogP contribution in [0.15, 0.2) is 41.0 Å². The van der Waals surface area contributed by atoms with Crippen molar-refractivity contribution in [3.63, 3.8) is 0 Å². The summed E-state index contributed by atoms with van der Waals surface area (Å²) in [6.07, 6.45) is 1.49. The van der Waals surface area contributed by atoms with Gasteiger partial charge in [-0.15, -0.1) is 24.8 Å². The lowest BCUT2D eigenvalue weighted by molar-refractivity contribution is 0.0746. The normalized spacial score (nSPS) is 13.6. The number of hydrogen-bond donors (Lipinski definition) is 1. The van der Waals surface area contributed by atoms with Crippen molar-refractivity contribution >= 4 is 36.4 Å². The summed E-state index contributed by atoms with van der Waals surface area (Å²) in [6, 6.07) is 9.75. The minimum atomic E-state index is -0.00352. The van der Waals surface area contributed by atoms with E-state index in [0.29, 0.717) is 37.6 Å². The Morgan fingerprint density at radius 1 is 1.19 bits per heavy atom. The second kappa shape index (κ2) is 10.3. The Balaban J connectivity index is 0.00000169. The molecule has 0 atom stereocenters. The maximum atomic E-state index is 12.5. The first-order valence-corrected chi connectivity index (χ1v) is 8.26. The summed E-state index contributed by atoms with van der Waals surface area (Å²) in [4.78, 5) is 16.6. The molecule has 0 saturated carbocycles. The number of carbonyl (C=O) groups excluding carboxylic acids is 1. The smallest absolute Gasteiger partial charge is 0.257 e. The number of para-hydroxylation sites is 2. The molecule has 2 aromatic rings. The van der Waals surface area contributed by atoms with Crippen LogP contribution in [0, 0.1) is 0 Å². The predicted octanol–water partition coefficient (Wildman–Crippen LogP) is 2.94. The summed E-state index contributed by atoms with van der Waals surface area (Å²) in [6.45, 7) is 5.81. The predicted molar refractivity (Wildman–Crippen MR) is 107 cm³/mol. The van der Waals surface area contributed by atoms with Gasteiger partial charge in [0, 0.05) is 26.2 Å². The number of ether oxygens (including phenoxy) is 1. The summed E-state index contributed by atoms with van der Waals surface area (Å²) < 4.78 is 11.0. The summed E-state index contributed by atoms with van der Waals surface area (Å²) in [7, 11) is 0. The molecule has 1 aromatic heterocycles. The van der Waals surface area contributed by atoms with Gasteiger partial charge < -0.3 is 24.7 Å². The van der Waals surface area contributed by atoms with Crippen molar-refractivity contribution in [1.29, 1.82) is 0 Å². The fourth-order valence-corrected chi connectivity index (χ4v) is 2.93. The molecule has 0 spiro atoms. The maximum Gasteiger partial charge on any atom is 0.257 e. The zero-order chi connectivity index (χ0) is 16.9. The van der Waals surface area contributed by atoms with Crippen LogP contribution in [0.3, 0.4) is 0 Å². The van der Waals surface area contributed by atoms with E-state index in [2.05, 4.69) is 11.0 Å². The largest absolute Gasteiger partial charge is 0.492 e. The average Bonchev–Trinajstić information content (AvgIpc) is 3.11. The van der Waals surface area contributed by atoms with Crippen LogP contribution in [-0.4, -0.2) is 43.6 Å². The minimum absolute atomic E-state index is 0. The van der Waals surface area contributed by atoms with Crippen molar-refractivity contribution in [2.45, 2.75) is 13.5 Å². The van der Waals surface area contributed by atoms with E-state index in [1.165, 1.54) is 6.26 Å². The standard InChI is InChI=1S/C18H23N3O3.2ClH/c1-2-23-17-6-4-3-5-16(17)20-7-9-21(10-8-20)18(22)14-11-15(12-19)24-13-14;;/h3-6,11,13H,2,7-10,12,19H2,1H3;2*1H. The fraction of sp³-hybridized carbons (Fsp3) is 0.389. The summed E-state index contributed by atoms with van der Waals surface area (Å²) in [5.41, 5.74) is 7.18. The van der Waals surface area contributed by atoms with Gasteiger partial charge >= 0.3 is 0 Å². The van der Waals surface area contributed by atoms with Crippen LogP contribution < -0.4 is 15.4 Å². The lowest BCUT2D eigenvalue weighted by atomic mass is 10.2.